The Balaban J connectivity index is 1.70. The molecule has 2 aromatic heterocycles. The van der Waals surface area contributed by atoms with E-state index in [1.54, 1.807) is 29.4 Å². The monoisotopic (exact) mass is 339 g/mol. The number of amides is 1. The molecule has 0 aliphatic carbocycles. The molecule has 1 aliphatic rings. The lowest BCUT2D eigenvalue weighted by atomic mass is 10.2. The largest absolute Gasteiger partial charge is 0.376 e. The molecule has 1 amide bonds. The van der Waals surface area contributed by atoms with Crippen LogP contribution in [0, 0.1) is 0 Å². The van der Waals surface area contributed by atoms with E-state index in [0.717, 1.165) is 29.7 Å². The van der Waals surface area contributed by atoms with Gasteiger partial charge in [0.1, 0.15) is 0 Å². The second kappa shape index (κ2) is 6.67. The van der Waals surface area contributed by atoms with Crippen LogP contribution in [0.5, 0.6) is 0 Å². The number of rotatable bonds is 4. The zero-order valence-electron chi connectivity index (χ0n) is 13.1. The first-order valence-electron chi connectivity index (χ1n) is 8.00. The fraction of sp³-hybridized carbons (Fsp3) is 0.278. The van der Waals surface area contributed by atoms with Crippen molar-refractivity contribution < 1.29 is 9.53 Å². The van der Waals surface area contributed by atoms with E-state index in [9.17, 15) is 4.79 Å². The van der Waals surface area contributed by atoms with Crippen LogP contribution >= 0.6 is 11.3 Å². The smallest absolute Gasteiger partial charge is 0.260 e. The molecule has 6 heteroatoms. The molecule has 1 unspecified atom stereocenters. The van der Waals surface area contributed by atoms with Gasteiger partial charge in [-0.2, -0.15) is 0 Å². The van der Waals surface area contributed by atoms with Crippen molar-refractivity contribution >= 4 is 32.6 Å². The van der Waals surface area contributed by atoms with Crippen LogP contribution in [0.4, 0.5) is 5.13 Å². The number of fused-ring (bicyclic) bond motifs is 1. The summed E-state index contributed by atoms with van der Waals surface area (Å²) in [6.45, 7) is 1.29. The molecule has 0 N–H and O–H groups in total. The van der Waals surface area contributed by atoms with Crippen LogP contribution in [0.25, 0.3) is 10.2 Å². The molecule has 1 aromatic carbocycles. The predicted molar refractivity (Wildman–Crippen MR) is 94.5 cm³/mol. The fourth-order valence-electron chi connectivity index (χ4n) is 2.87. The Hall–Kier alpha value is -2.31. The summed E-state index contributed by atoms with van der Waals surface area (Å²) in [5.41, 5.74) is 1.53. The van der Waals surface area contributed by atoms with Crippen LogP contribution in [0.3, 0.4) is 0 Å². The second-order valence-corrected chi connectivity index (χ2v) is 6.76. The van der Waals surface area contributed by atoms with Crippen molar-refractivity contribution in [3.63, 3.8) is 0 Å². The molecule has 5 nitrogen and oxygen atoms in total. The van der Waals surface area contributed by atoms with Gasteiger partial charge in [-0.05, 0) is 37.1 Å². The zero-order valence-corrected chi connectivity index (χ0v) is 13.9. The number of hydrogen-bond acceptors (Lipinski definition) is 5. The maximum atomic E-state index is 13.0. The summed E-state index contributed by atoms with van der Waals surface area (Å²) < 4.78 is 6.81. The lowest BCUT2D eigenvalue weighted by Crippen LogP contribution is -2.37. The molecular formula is C18H17N3O2S. The molecule has 1 atom stereocenters. The van der Waals surface area contributed by atoms with Gasteiger partial charge in [0.15, 0.2) is 5.13 Å². The van der Waals surface area contributed by atoms with Crippen LogP contribution in [0.2, 0.25) is 0 Å². The van der Waals surface area contributed by atoms with Gasteiger partial charge in [0.2, 0.25) is 0 Å². The van der Waals surface area contributed by atoms with E-state index in [1.165, 1.54) is 11.3 Å². The van der Waals surface area contributed by atoms with Crippen LogP contribution in [-0.2, 0) is 4.74 Å². The van der Waals surface area contributed by atoms with Gasteiger partial charge in [0, 0.05) is 24.6 Å². The van der Waals surface area contributed by atoms with Gasteiger partial charge in [-0.25, -0.2) is 4.98 Å². The van der Waals surface area contributed by atoms with E-state index in [2.05, 4.69) is 9.97 Å². The van der Waals surface area contributed by atoms with Crippen LogP contribution < -0.4 is 4.90 Å². The maximum Gasteiger partial charge on any atom is 0.260 e. The third-order valence-electron chi connectivity index (χ3n) is 4.10. The van der Waals surface area contributed by atoms with Crippen LogP contribution in [0.1, 0.15) is 23.2 Å². The number of ether oxygens (including phenoxy) is 1. The van der Waals surface area contributed by atoms with E-state index in [0.29, 0.717) is 17.2 Å². The highest BCUT2D eigenvalue weighted by molar-refractivity contribution is 7.22. The minimum atomic E-state index is -0.0630. The number of benzene rings is 1. The van der Waals surface area contributed by atoms with Crippen LogP contribution in [0.15, 0.2) is 48.8 Å². The lowest BCUT2D eigenvalue weighted by Gasteiger charge is -2.23. The number of thiazole rings is 1. The normalized spacial score (nSPS) is 17.2. The van der Waals surface area contributed by atoms with Crippen molar-refractivity contribution in [3.05, 3.63) is 54.4 Å². The number of anilines is 1. The molecule has 0 radical (unpaired) electrons. The number of carbonyl (C=O) groups excluding carboxylic acids is 1. The summed E-state index contributed by atoms with van der Waals surface area (Å²) in [6.07, 6.45) is 5.36. The van der Waals surface area contributed by atoms with Gasteiger partial charge in [-0.3, -0.25) is 14.7 Å². The van der Waals surface area contributed by atoms with Gasteiger partial charge in [-0.1, -0.05) is 23.5 Å². The van der Waals surface area contributed by atoms with Gasteiger partial charge < -0.3 is 4.74 Å². The van der Waals surface area contributed by atoms with Gasteiger partial charge >= 0.3 is 0 Å². The highest BCUT2D eigenvalue weighted by Gasteiger charge is 2.26. The molecule has 3 heterocycles. The molecule has 0 saturated carbocycles. The molecule has 24 heavy (non-hydrogen) atoms. The van der Waals surface area contributed by atoms with Crippen molar-refractivity contribution in [2.75, 3.05) is 18.1 Å². The van der Waals surface area contributed by atoms with Gasteiger partial charge in [0.05, 0.1) is 22.9 Å². The van der Waals surface area contributed by atoms with Crippen molar-refractivity contribution in [3.8, 4) is 0 Å². The Morgan fingerprint density at radius 1 is 1.25 bits per heavy atom. The summed E-state index contributed by atoms with van der Waals surface area (Å²) in [5, 5.41) is 0.716. The van der Waals surface area contributed by atoms with Crippen molar-refractivity contribution in [2.24, 2.45) is 0 Å². The highest BCUT2D eigenvalue weighted by atomic mass is 32.1. The van der Waals surface area contributed by atoms with Gasteiger partial charge in [0.25, 0.3) is 5.91 Å². The number of pyridine rings is 1. The topological polar surface area (TPSA) is 55.3 Å². The summed E-state index contributed by atoms with van der Waals surface area (Å²) in [7, 11) is 0. The molecule has 0 bridgehead atoms. The summed E-state index contributed by atoms with van der Waals surface area (Å²) >= 11 is 1.53. The minimum absolute atomic E-state index is 0.0630. The molecule has 1 aliphatic heterocycles. The molecule has 1 saturated heterocycles. The average molecular weight is 339 g/mol. The fourth-order valence-corrected chi connectivity index (χ4v) is 3.84. The average Bonchev–Trinajstić information content (AvgIpc) is 3.29. The Bertz CT molecular complexity index is 811. The molecule has 4 rings (SSSR count). The number of carbonyl (C=O) groups is 1. The second-order valence-electron chi connectivity index (χ2n) is 5.75. The maximum absolute atomic E-state index is 13.0. The van der Waals surface area contributed by atoms with Crippen molar-refractivity contribution in [1.29, 1.82) is 0 Å². The first kappa shape index (κ1) is 15.2. The van der Waals surface area contributed by atoms with E-state index < -0.39 is 0 Å². The Kier molecular flexibility index (Phi) is 4.23. The van der Waals surface area contributed by atoms with Gasteiger partial charge in [-0.15, -0.1) is 0 Å². The third-order valence-corrected chi connectivity index (χ3v) is 5.16. The lowest BCUT2D eigenvalue weighted by molar-refractivity contribution is 0.0917. The molecule has 1 fully saturated rings. The SMILES string of the molecule is O=C(c1ccncc1)N(CC1CCCO1)c1nc2ccccc2s1. The van der Waals surface area contributed by atoms with E-state index in [-0.39, 0.29) is 12.0 Å². The Morgan fingerprint density at radius 3 is 2.83 bits per heavy atom. The summed E-state index contributed by atoms with van der Waals surface area (Å²) in [5.74, 6) is -0.0630. The summed E-state index contributed by atoms with van der Waals surface area (Å²) in [6, 6.07) is 11.4. The van der Waals surface area contributed by atoms with Crippen LogP contribution in [-0.4, -0.2) is 35.1 Å². The first-order chi connectivity index (χ1) is 11.8. The first-order valence-corrected chi connectivity index (χ1v) is 8.82. The highest BCUT2D eigenvalue weighted by Crippen LogP contribution is 2.30. The van der Waals surface area contributed by atoms with E-state index in [4.69, 9.17) is 4.74 Å². The standard InChI is InChI=1S/C18H17N3O2S/c22-17(13-7-9-19-10-8-13)21(12-14-4-3-11-23-14)18-20-15-5-1-2-6-16(15)24-18/h1-2,5-10,14H,3-4,11-12H2. The number of para-hydroxylation sites is 1. The predicted octanol–water partition coefficient (Wildman–Crippen LogP) is 3.52. The third kappa shape index (κ3) is 3.02. The Labute approximate surface area is 143 Å². The van der Waals surface area contributed by atoms with E-state index >= 15 is 0 Å². The number of hydrogen-bond donors (Lipinski definition) is 0. The summed E-state index contributed by atoms with van der Waals surface area (Å²) in [4.78, 5) is 23.4. The minimum Gasteiger partial charge on any atom is -0.376 e. The zero-order chi connectivity index (χ0) is 16.4. The molecule has 122 valence electrons. The Morgan fingerprint density at radius 2 is 2.08 bits per heavy atom. The van der Waals surface area contributed by atoms with Crippen molar-refractivity contribution in [2.45, 2.75) is 18.9 Å². The molecule has 3 aromatic rings. The van der Waals surface area contributed by atoms with Crippen molar-refractivity contribution in [1.82, 2.24) is 9.97 Å². The van der Waals surface area contributed by atoms with E-state index in [1.807, 2.05) is 24.3 Å². The number of nitrogens with zero attached hydrogens (tertiary/aromatic N) is 3. The number of aromatic nitrogens is 2. The quantitative estimate of drug-likeness (QED) is 0.730. The molecule has 0 spiro atoms. The molecular weight excluding hydrogens is 322 g/mol.